The van der Waals surface area contributed by atoms with E-state index in [0.717, 1.165) is 25.1 Å². The lowest BCUT2D eigenvalue weighted by molar-refractivity contribution is -0.132. The molecule has 2 unspecified atom stereocenters. The predicted molar refractivity (Wildman–Crippen MR) is 88.6 cm³/mol. The molecule has 7 heteroatoms. The second-order valence-corrected chi connectivity index (χ2v) is 7.51. The number of likely N-dealkylation sites (tertiary alicyclic amines) is 1. The van der Waals surface area contributed by atoms with Gasteiger partial charge in [0, 0.05) is 31.1 Å². The average molecular weight is 334 g/mol. The van der Waals surface area contributed by atoms with Crippen LogP contribution in [0, 0.1) is 5.92 Å². The zero-order chi connectivity index (χ0) is 15.8. The van der Waals surface area contributed by atoms with Gasteiger partial charge in [-0.25, -0.2) is 9.78 Å². The summed E-state index contributed by atoms with van der Waals surface area (Å²) in [5.74, 6) is 0.911. The highest BCUT2D eigenvalue weighted by atomic mass is 32.1. The summed E-state index contributed by atoms with van der Waals surface area (Å²) in [4.78, 5) is 32.6. The van der Waals surface area contributed by atoms with Crippen LogP contribution < -0.4 is 10.2 Å². The molecular weight excluding hydrogens is 312 g/mol. The highest BCUT2D eigenvalue weighted by Crippen LogP contribution is 2.36. The minimum atomic E-state index is -0.0955. The Balaban J connectivity index is 1.41. The highest BCUT2D eigenvalue weighted by Gasteiger charge is 2.38. The van der Waals surface area contributed by atoms with Crippen LogP contribution in [-0.4, -0.2) is 47.5 Å². The summed E-state index contributed by atoms with van der Waals surface area (Å²) in [6.07, 6.45) is 6.51. The first-order chi connectivity index (χ1) is 11.2. The zero-order valence-electron chi connectivity index (χ0n) is 13.2. The molecule has 1 aromatic rings. The number of thiazole rings is 1. The van der Waals surface area contributed by atoms with Crippen molar-refractivity contribution in [2.75, 3.05) is 24.5 Å². The predicted octanol–water partition coefficient (Wildman–Crippen LogP) is 2.01. The summed E-state index contributed by atoms with van der Waals surface area (Å²) < 4.78 is 0. The van der Waals surface area contributed by atoms with Crippen LogP contribution in [0.5, 0.6) is 0 Å². The quantitative estimate of drug-likeness (QED) is 0.919. The second kappa shape index (κ2) is 6.11. The first-order valence-electron chi connectivity index (χ1n) is 8.51. The van der Waals surface area contributed by atoms with Crippen LogP contribution in [0.2, 0.25) is 0 Å². The first kappa shape index (κ1) is 14.9. The molecule has 1 aliphatic carbocycles. The number of carbonyl (C=O) groups excluding carboxylic acids is 2. The largest absolute Gasteiger partial charge is 0.339 e. The molecule has 1 saturated carbocycles. The normalized spacial score (nSPS) is 27.2. The number of aromatic nitrogens is 1. The number of hydrogen-bond acceptors (Lipinski definition) is 4. The van der Waals surface area contributed by atoms with Gasteiger partial charge in [-0.15, -0.1) is 11.3 Å². The fourth-order valence-electron chi connectivity index (χ4n) is 4.13. The summed E-state index contributed by atoms with van der Waals surface area (Å²) >= 11 is 1.44. The molecule has 2 saturated heterocycles. The average Bonchev–Trinajstić information content (AvgIpc) is 3.26. The van der Waals surface area contributed by atoms with E-state index in [2.05, 4.69) is 15.2 Å². The van der Waals surface area contributed by atoms with E-state index in [1.54, 1.807) is 4.90 Å². The number of carbonyl (C=O) groups is 2. The Morgan fingerprint density at radius 1 is 1.30 bits per heavy atom. The minimum absolute atomic E-state index is 0.0955. The Bertz CT molecular complexity index is 617. The van der Waals surface area contributed by atoms with Gasteiger partial charge in [0.2, 0.25) is 5.91 Å². The molecule has 3 aliphatic rings. The SMILES string of the molecule is O=C1NCCN1c1nc(CC(=O)N2CCC3CCCCC32)cs1. The van der Waals surface area contributed by atoms with Crippen LogP contribution in [-0.2, 0) is 11.2 Å². The number of amides is 3. The maximum Gasteiger partial charge on any atom is 0.323 e. The fourth-order valence-corrected chi connectivity index (χ4v) is 4.98. The molecule has 3 heterocycles. The van der Waals surface area contributed by atoms with Gasteiger partial charge in [-0.1, -0.05) is 12.8 Å². The van der Waals surface area contributed by atoms with Crippen LogP contribution in [0.3, 0.4) is 0 Å². The lowest BCUT2D eigenvalue weighted by Gasteiger charge is -2.31. The molecule has 2 aliphatic heterocycles. The lowest BCUT2D eigenvalue weighted by atomic mass is 9.85. The molecule has 0 spiro atoms. The van der Waals surface area contributed by atoms with Crippen molar-refractivity contribution in [1.29, 1.82) is 0 Å². The van der Waals surface area contributed by atoms with E-state index in [-0.39, 0.29) is 11.9 Å². The molecule has 3 amide bonds. The van der Waals surface area contributed by atoms with Gasteiger partial charge in [-0.05, 0) is 25.2 Å². The van der Waals surface area contributed by atoms with Crippen molar-refractivity contribution in [2.24, 2.45) is 5.92 Å². The highest BCUT2D eigenvalue weighted by molar-refractivity contribution is 7.14. The van der Waals surface area contributed by atoms with E-state index in [1.807, 2.05) is 5.38 Å². The third-order valence-electron chi connectivity index (χ3n) is 5.29. The third-order valence-corrected chi connectivity index (χ3v) is 6.20. The van der Waals surface area contributed by atoms with Crippen LogP contribution in [0.1, 0.15) is 37.8 Å². The molecule has 1 N–H and O–H groups in total. The van der Waals surface area contributed by atoms with E-state index in [0.29, 0.717) is 36.6 Å². The number of nitrogens with zero attached hydrogens (tertiary/aromatic N) is 3. The third kappa shape index (κ3) is 2.82. The summed E-state index contributed by atoms with van der Waals surface area (Å²) in [7, 11) is 0. The van der Waals surface area contributed by atoms with Gasteiger partial charge in [-0.3, -0.25) is 9.69 Å². The van der Waals surface area contributed by atoms with Crippen molar-refractivity contribution in [3.05, 3.63) is 11.1 Å². The van der Waals surface area contributed by atoms with Crippen molar-refractivity contribution in [2.45, 2.75) is 44.6 Å². The molecule has 0 bridgehead atoms. The first-order valence-corrected chi connectivity index (χ1v) is 9.39. The van der Waals surface area contributed by atoms with E-state index >= 15 is 0 Å². The summed E-state index contributed by atoms with van der Waals surface area (Å²) in [5, 5.41) is 5.38. The lowest BCUT2D eigenvalue weighted by Crippen LogP contribution is -2.40. The maximum absolute atomic E-state index is 12.7. The standard InChI is InChI=1S/C16H22N4O2S/c21-14(19-7-5-11-3-1-2-4-13(11)19)9-12-10-23-16(18-12)20-8-6-17-15(20)22/h10-11,13H,1-9H2,(H,17,22). The number of nitrogens with one attached hydrogen (secondary N) is 1. The van der Waals surface area contributed by atoms with Crippen LogP contribution in [0.4, 0.5) is 9.93 Å². The number of urea groups is 1. The monoisotopic (exact) mass is 334 g/mol. The van der Waals surface area contributed by atoms with Crippen molar-refractivity contribution in [1.82, 2.24) is 15.2 Å². The molecule has 4 rings (SSSR count). The van der Waals surface area contributed by atoms with Crippen LogP contribution in [0.15, 0.2) is 5.38 Å². The van der Waals surface area contributed by atoms with Crippen molar-refractivity contribution < 1.29 is 9.59 Å². The topological polar surface area (TPSA) is 65.5 Å². The Hall–Kier alpha value is -1.63. The molecule has 3 fully saturated rings. The Labute approximate surface area is 139 Å². The van der Waals surface area contributed by atoms with E-state index in [9.17, 15) is 9.59 Å². The van der Waals surface area contributed by atoms with Crippen molar-refractivity contribution >= 4 is 28.4 Å². The smallest absolute Gasteiger partial charge is 0.323 e. The molecule has 23 heavy (non-hydrogen) atoms. The van der Waals surface area contributed by atoms with Crippen LogP contribution >= 0.6 is 11.3 Å². The Morgan fingerprint density at radius 3 is 3.00 bits per heavy atom. The van der Waals surface area contributed by atoms with Gasteiger partial charge in [0.05, 0.1) is 12.1 Å². The maximum atomic E-state index is 12.7. The van der Waals surface area contributed by atoms with Gasteiger partial charge < -0.3 is 10.2 Å². The summed E-state index contributed by atoms with van der Waals surface area (Å²) in [6.45, 7) is 2.21. The van der Waals surface area contributed by atoms with Gasteiger partial charge in [-0.2, -0.15) is 0 Å². The van der Waals surface area contributed by atoms with Gasteiger partial charge >= 0.3 is 6.03 Å². The molecule has 0 aromatic carbocycles. The molecule has 124 valence electrons. The Kier molecular flexibility index (Phi) is 3.97. The van der Waals surface area contributed by atoms with Crippen molar-refractivity contribution in [3.63, 3.8) is 0 Å². The minimum Gasteiger partial charge on any atom is -0.339 e. The molecule has 6 nitrogen and oxygen atoms in total. The van der Waals surface area contributed by atoms with E-state index in [4.69, 9.17) is 0 Å². The van der Waals surface area contributed by atoms with Gasteiger partial charge in [0.25, 0.3) is 0 Å². The van der Waals surface area contributed by atoms with E-state index < -0.39 is 0 Å². The van der Waals surface area contributed by atoms with Gasteiger partial charge in [0.1, 0.15) is 0 Å². The number of hydrogen-bond donors (Lipinski definition) is 1. The van der Waals surface area contributed by atoms with Crippen molar-refractivity contribution in [3.8, 4) is 0 Å². The fraction of sp³-hybridized carbons (Fsp3) is 0.688. The number of anilines is 1. The summed E-state index contributed by atoms with van der Waals surface area (Å²) in [5.41, 5.74) is 0.786. The Morgan fingerprint density at radius 2 is 2.17 bits per heavy atom. The zero-order valence-corrected chi connectivity index (χ0v) is 14.0. The van der Waals surface area contributed by atoms with Gasteiger partial charge in [0.15, 0.2) is 5.13 Å². The molecular formula is C16H22N4O2S. The molecule has 2 atom stereocenters. The molecule has 0 radical (unpaired) electrons. The summed E-state index contributed by atoms with van der Waals surface area (Å²) in [6, 6.07) is 0.362. The van der Waals surface area contributed by atoms with Crippen LogP contribution in [0.25, 0.3) is 0 Å². The molecule has 1 aromatic heterocycles. The number of rotatable bonds is 3. The van der Waals surface area contributed by atoms with E-state index in [1.165, 1.54) is 30.6 Å². The number of fused-ring (bicyclic) bond motifs is 1. The second-order valence-electron chi connectivity index (χ2n) is 6.67.